The number of nitrogens with one attached hydrogen (secondary N) is 4. The van der Waals surface area contributed by atoms with Gasteiger partial charge in [0.05, 0.1) is 71.8 Å². The Bertz CT molecular complexity index is 3180. The van der Waals surface area contributed by atoms with E-state index in [9.17, 15) is 19.2 Å². The molecule has 4 aliphatic heterocycles. The lowest BCUT2D eigenvalue weighted by Crippen LogP contribution is -2.55. The summed E-state index contributed by atoms with van der Waals surface area (Å²) in [5.74, 6) is 2.76. The maximum absolute atomic E-state index is 14.7. The summed E-state index contributed by atoms with van der Waals surface area (Å²) in [6.45, 7) is 11.1. The van der Waals surface area contributed by atoms with Gasteiger partial charge in [-0.1, -0.05) is 19.9 Å². The number of amides is 4. The molecule has 5 fully saturated rings. The monoisotopic (exact) mass is 1020 g/mol. The fourth-order valence-electron chi connectivity index (χ4n) is 12.4. The largest absolute Gasteiger partial charge is 0.464 e. The lowest BCUT2D eigenvalue weighted by atomic mass is 9.82. The van der Waals surface area contributed by atoms with Crippen molar-refractivity contribution < 1.29 is 38.1 Å². The Balaban J connectivity index is 0.849. The summed E-state index contributed by atoms with van der Waals surface area (Å²) in [4.78, 5) is 76.9. The van der Waals surface area contributed by atoms with Gasteiger partial charge in [-0.15, -0.1) is 11.3 Å². The van der Waals surface area contributed by atoms with Gasteiger partial charge in [0.25, 0.3) is 0 Å². The van der Waals surface area contributed by atoms with Crippen LogP contribution in [0.1, 0.15) is 130 Å². The van der Waals surface area contributed by atoms with Gasteiger partial charge < -0.3 is 49.3 Å². The molecule has 0 radical (unpaired) electrons. The maximum Gasteiger partial charge on any atom is 0.407 e. The third-order valence-electron chi connectivity index (χ3n) is 16.4. The zero-order valence-corrected chi connectivity index (χ0v) is 43.8. The fourth-order valence-corrected chi connectivity index (χ4v) is 13.6. The third-order valence-corrected chi connectivity index (χ3v) is 17.7. The molecule has 12 rings (SSSR count). The molecule has 2 aliphatic carbocycles. The normalized spacial score (nSPS) is 24.4. The minimum atomic E-state index is -0.736. The molecule has 4 aromatic heterocycles. The summed E-state index contributed by atoms with van der Waals surface area (Å²) in [6.07, 6.45) is 9.13. The number of ether oxygens (including phenoxy) is 4. The van der Waals surface area contributed by atoms with Gasteiger partial charge in [0.1, 0.15) is 29.5 Å². The van der Waals surface area contributed by atoms with E-state index in [0.29, 0.717) is 43.7 Å². The number of carbonyl (C=O) groups is 4. The third kappa shape index (κ3) is 8.70. The van der Waals surface area contributed by atoms with Crippen LogP contribution in [-0.2, 0) is 23.8 Å². The second kappa shape index (κ2) is 18.6. The number of aryl methyl sites for hydroxylation is 1. The minimum Gasteiger partial charge on any atom is -0.464 e. The average molecular weight is 1020 g/mol. The summed E-state index contributed by atoms with van der Waals surface area (Å²) < 4.78 is 25.4. The summed E-state index contributed by atoms with van der Waals surface area (Å²) in [5.41, 5.74) is 7.35. The van der Waals surface area contributed by atoms with Crippen molar-refractivity contribution in [3.8, 4) is 39.5 Å². The highest BCUT2D eigenvalue weighted by Crippen LogP contribution is 2.54. The number of methoxy groups -OCH3 is 2. The molecule has 4 N–H and O–H groups in total. The molecule has 4 amide bonds. The molecule has 3 unspecified atom stereocenters. The number of hydrogen-bond acceptors (Lipinski definition) is 11. The van der Waals surface area contributed by atoms with E-state index in [1.807, 2.05) is 61.2 Å². The lowest BCUT2D eigenvalue weighted by Gasteiger charge is -2.40. The molecule has 8 heterocycles. The Hall–Kier alpha value is -6.66. The number of fused-ring (bicyclic) bond motifs is 6. The number of hydrogen-bond donors (Lipinski definition) is 4. The van der Waals surface area contributed by atoms with Crippen LogP contribution in [0.4, 0.5) is 9.59 Å². The average Bonchev–Trinajstić information content (AvgIpc) is 3.84. The van der Waals surface area contributed by atoms with Crippen molar-refractivity contribution in [3.05, 3.63) is 87.9 Å². The van der Waals surface area contributed by atoms with Crippen molar-refractivity contribution in [1.82, 2.24) is 44.9 Å². The lowest BCUT2D eigenvalue weighted by molar-refractivity contribution is -0.140. The van der Waals surface area contributed by atoms with E-state index in [1.54, 1.807) is 0 Å². The predicted octanol–water partition coefficient (Wildman–Crippen LogP) is 9.91. The van der Waals surface area contributed by atoms with Crippen molar-refractivity contribution in [2.24, 2.45) is 17.8 Å². The molecule has 17 nitrogen and oxygen atoms in total. The smallest absolute Gasteiger partial charge is 0.407 e. The Morgan fingerprint density at radius 1 is 0.838 bits per heavy atom. The molecule has 388 valence electrons. The van der Waals surface area contributed by atoms with Crippen LogP contribution < -0.4 is 15.4 Å². The first-order valence-electron chi connectivity index (χ1n) is 26.3. The Morgan fingerprint density at radius 2 is 1.57 bits per heavy atom. The van der Waals surface area contributed by atoms with Crippen molar-refractivity contribution in [2.45, 2.75) is 134 Å². The predicted molar refractivity (Wildman–Crippen MR) is 278 cm³/mol. The van der Waals surface area contributed by atoms with Gasteiger partial charge in [-0.25, -0.2) is 19.6 Å². The topological polar surface area (TPSA) is 198 Å². The van der Waals surface area contributed by atoms with E-state index in [2.05, 4.69) is 80.6 Å². The van der Waals surface area contributed by atoms with Gasteiger partial charge in [0.2, 0.25) is 18.0 Å². The number of piperidine rings is 1. The molecule has 18 heteroatoms. The van der Waals surface area contributed by atoms with Crippen molar-refractivity contribution in [1.29, 1.82) is 0 Å². The van der Waals surface area contributed by atoms with Crippen molar-refractivity contribution in [3.63, 3.8) is 0 Å². The highest BCUT2D eigenvalue weighted by Gasteiger charge is 2.57. The van der Waals surface area contributed by atoms with Crippen LogP contribution in [0.3, 0.4) is 0 Å². The summed E-state index contributed by atoms with van der Waals surface area (Å²) >= 11 is 1.83. The Kier molecular flexibility index (Phi) is 12.1. The first kappa shape index (κ1) is 48.3. The Morgan fingerprint density at radius 3 is 2.30 bits per heavy atom. The van der Waals surface area contributed by atoms with Crippen LogP contribution in [0.15, 0.2) is 60.9 Å². The summed E-state index contributed by atoms with van der Waals surface area (Å²) in [5, 5.41) is 6.72. The highest BCUT2D eigenvalue weighted by molar-refractivity contribution is 7.12. The molecule has 8 atom stereocenters. The number of likely N-dealkylation sites (tertiary alicyclic amines) is 2. The number of aromatic nitrogens is 5. The van der Waals surface area contributed by atoms with Crippen LogP contribution in [0.25, 0.3) is 44.7 Å². The first-order valence-corrected chi connectivity index (χ1v) is 27.1. The highest BCUT2D eigenvalue weighted by atomic mass is 32.1. The molecule has 0 bridgehead atoms. The number of thiophene rings is 1. The van der Waals surface area contributed by atoms with Crippen molar-refractivity contribution >= 4 is 46.2 Å². The molecule has 3 saturated heterocycles. The number of carbonyl (C=O) groups excluding carboxylic acids is 4. The quantitative estimate of drug-likeness (QED) is 0.0915. The van der Waals surface area contributed by atoms with Crippen LogP contribution >= 0.6 is 11.3 Å². The second-order valence-corrected chi connectivity index (χ2v) is 23.4. The number of rotatable bonds is 12. The van der Waals surface area contributed by atoms with Crippen LogP contribution in [0.5, 0.6) is 5.75 Å². The summed E-state index contributed by atoms with van der Waals surface area (Å²) in [6, 6.07) is 15.7. The van der Waals surface area contributed by atoms with Gasteiger partial charge in [-0.3, -0.25) is 14.2 Å². The van der Waals surface area contributed by atoms with Crippen LogP contribution in [0, 0.1) is 24.7 Å². The van der Waals surface area contributed by atoms with Gasteiger partial charge in [0.15, 0.2) is 0 Å². The van der Waals surface area contributed by atoms with Gasteiger partial charge in [0, 0.05) is 46.1 Å². The number of alkyl carbamates (subject to hydrolysis) is 2. The standard InChI is InChI=1S/C56H65N9O8S/c1-28(2)47(61-54(68)70-6)51(66)63-17-8-9-39(63)49-57-27-37(60-49)33-19-29(3)46-41-22-34-20-31(12-13-38(34)65(41)53(73-43(46)24-33)45-15-14-44(74-45)30-10-11-30)36-26-58-50(59-36)42-23-35-21-40(35)64(42)52(67)48(62-55(69)71-7)32-16-18-72-56(4,5)25-32/h12-15,19-20,22,24,26-28,30,32,35,39-40,42,47-48,53H,8-11,16-18,21,23,25H2,1-7H3,(H,57,60)(H,58,59)(H,61,68)(H,62,69)/t32?,35-,39+,40-,42+,47+,48?,53?/m1/s1. The van der Waals surface area contributed by atoms with Crippen molar-refractivity contribution in [2.75, 3.05) is 27.4 Å². The van der Waals surface area contributed by atoms with Gasteiger partial charge in [-0.05, 0) is 144 Å². The first-order chi connectivity index (χ1) is 35.7. The number of benzene rings is 2. The maximum atomic E-state index is 14.7. The van der Waals surface area contributed by atoms with E-state index in [1.165, 1.54) is 31.9 Å². The zero-order valence-electron chi connectivity index (χ0n) is 43.0. The van der Waals surface area contributed by atoms with E-state index in [-0.39, 0.29) is 41.8 Å². The van der Waals surface area contributed by atoms with E-state index < -0.39 is 36.1 Å². The zero-order chi connectivity index (χ0) is 51.3. The fraction of sp³-hybridized carbons (Fsp3) is 0.500. The molecule has 2 saturated carbocycles. The molecule has 6 aliphatic rings. The number of imidazole rings is 2. The molecule has 0 spiro atoms. The minimum absolute atomic E-state index is 0.0907. The molecule has 6 aromatic rings. The number of H-pyrrole nitrogens is 2. The van der Waals surface area contributed by atoms with Gasteiger partial charge in [-0.2, -0.15) is 0 Å². The molecular weight excluding hydrogens is 959 g/mol. The summed E-state index contributed by atoms with van der Waals surface area (Å²) in [7, 11) is 2.63. The number of nitrogens with zero attached hydrogens (tertiary/aromatic N) is 5. The number of aromatic amines is 2. The van der Waals surface area contributed by atoms with E-state index >= 15 is 0 Å². The van der Waals surface area contributed by atoms with Crippen LogP contribution in [-0.4, -0.2) is 109 Å². The molecular formula is C56H65N9O8S. The van der Waals surface area contributed by atoms with Gasteiger partial charge >= 0.3 is 12.2 Å². The van der Waals surface area contributed by atoms with E-state index in [4.69, 9.17) is 28.9 Å². The molecule has 2 aromatic carbocycles. The second-order valence-electron chi connectivity index (χ2n) is 22.3. The molecule has 74 heavy (non-hydrogen) atoms. The Labute approximate surface area is 434 Å². The van der Waals surface area contributed by atoms with E-state index in [0.717, 1.165) is 92.4 Å². The SMILES string of the molecule is COC(=O)NC(C(=O)N1[C@@H]2C[C@@H]2C[C@H]1c1ncc(-c2ccc3c(c2)cc2n3C(c3ccc(C4CC4)s3)Oc3cc(-c4cnc([C@@H]5CCCN5C(=O)[C@@H](NC(=O)OC)C(C)C)[nH]4)cc(C)c3-2)[nH]1)C1CCOC(C)(C)C1. The van der Waals surface area contributed by atoms with Crippen LogP contribution in [0.2, 0.25) is 0 Å².